The Morgan fingerprint density at radius 2 is 1.55 bits per heavy atom. The van der Waals surface area contributed by atoms with E-state index in [4.69, 9.17) is 16.7 Å². The lowest BCUT2D eigenvalue weighted by atomic mass is 9.90. The second-order valence-electron chi connectivity index (χ2n) is 7.80. The summed E-state index contributed by atoms with van der Waals surface area (Å²) in [5.74, 6) is -1.16. The minimum atomic E-state index is -3.84. The molecule has 0 aliphatic heterocycles. The van der Waals surface area contributed by atoms with E-state index in [1.165, 1.54) is 30.3 Å². The molecule has 33 heavy (non-hydrogen) atoms. The molecule has 5 N–H and O–H groups in total. The van der Waals surface area contributed by atoms with Crippen molar-refractivity contribution in [1.82, 2.24) is 16.0 Å². The van der Waals surface area contributed by atoms with Crippen molar-refractivity contribution in [2.24, 2.45) is 5.14 Å². The van der Waals surface area contributed by atoms with Gasteiger partial charge in [0, 0.05) is 28.2 Å². The summed E-state index contributed by atoms with van der Waals surface area (Å²) in [5, 5.41) is 13.9. The summed E-state index contributed by atoms with van der Waals surface area (Å²) >= 11 is 5.88. The highest BCUT2D eigenvalue weighted by molar-refractivity contribution is 7.89. The van der Waals surface area contributed by atoms with Crippen molar-refractivity contribution in [3.05, 3.63) is 64.7 Å². The molecular formula is C22H25ClN4O5S. The smallest absolute Gasteiger partial charge is 0.251 e. The standard InChI is InChI=1S/C22H25ClN4O5S/c23-16-5-3-4-15(12-16)21(29)25-13-20(28)26-18-6-1-2-7-19(18)27-22(30)14-8-10-17(11-9-14)33(24,31)32/h3-5,8-12,18-19H,1-2,6-7,13H2,(H,25,29)(H,26,28)(H,27,30)(H2,24,31,32)/t18-,19+/m0/s1. The molecule has 0 bridgehead atoms. The SMILES string of the molecule is NS(=O)(=O)c1ccc(C(=O)N[C@@H]2CCCC[C@@H]2NC(=O)CNC(=O)c2cccc(Cl)c2)cc1. The summed E-state index contributed by atoms with van der Waals surface area (Å²) in [5.41, 5.74) is 0.637. The molecule has 2 aromatic carbocycles. The molecule has 0 unspecified atom stereocenters. The number of benzene rings is 2. The van der Waals surface area contributed by atoms with Crippen LogP contribution in [-0.4, -0.2) is 44.8 Å². The van der Waals surface area contributed by atoms with Crippen LogP contribution in [0.15, 0.2) is 53.4 Å². The molecule has 1 aliphatic rings. The van der Waals surface area contributed by atoms with Crippen molar-refractivity contribution in [3.8, 4) is 0 Å². The molecule has 0 radical (unpaired) electrons. The zero-order valence-electron chi connectivity index (χ0n) is 17.7. The zero-order chi connectivity index (χ0) is 24.0. The van der Waals surface area contributed by atoms with Crippen LogP contribution in [0.2, 0.25) is 5.02 Å². The predicted octanol–water partition coefficient (Wildman–Crippen LogP) is 1.57. The molecule has 1 fully saturated rings. The van der Waals surface area contributed by atoms with E-state index in [1.807, 2.05) is 0 Å². The molecular weight excluding hydrogens is 468 g/mol. The van der Waals surface area contributed by atoms with Gasteiger partial charge in [-0.05, 0) is 55.3 Å². The number of amides is 3. The molecule has 0 saturated heterocycles. The number of hydrogen-bond donors (Lipinski definition) is 4. The number of carbonyl (C=O) groups excluding carboxylic acids is 3. The number of hydrogen-bond acceptors (Lipinski definition) is 5. The molecule has 11 heteroatoms. The number of halogens is 1. The summed E-state index contributed by atoms with van der Waals surface area (Å²) in [6, 6.07) is 11.1. The van der Waals surface area contributed by atoms with Gasteiger partial charge in [-0.25, -0.2) is 13.6 Å². The van der Waals surface area contributed by atoms with Crippen LogP contribution in [0.4, 0.5) is 0 Å². The highest BCUT2D eigenvalue weighted by atomic mass is 35.5. The molecule has 1 saturated carbocycles. The first-order chi connectivity index (χ1) is 15.6. The fourth-order valence-electron chi connectivity index (χ4n) is 3.67. The Labute approximate surface area is 197 Å². The first-order valence-electron chi connectivity index (χ1n) is 10.4. The van der Waals surface area contributed by atoms with Crippen LogP contribution in [0.3, 0.4) is 0 Å². The van der Waals surface area contributed by atoms with E-state index in [1.54, 1.807) is 18.2 Å². The van der Waals surface area contributed by atoms with Gasteiger partial charge < -0.3 is 16.0 Å². The van der Waals surface area contributed by atoms with E-state index < -0.39 is 15.9 Å². The molecule has 3 amide bonds. The van der Waals surface area contributed by atoms with Gasteiger partial charge in [0.15, 0.2) is 0 Å². The van der Waals surface area contributed by atoms with E-state index in [0.717, 1.165) is 12.8 Å². The molecule has 0 spiro atoms. The van der Waals surface area contributed by atoms with Gasteiger partial charge in [0.1, 0.15) is 0 Å². The monoisotopic (exact) mass is 492 g/mol. The van der Waals surface area contributed by atoms with E-state index >= 15 is 0 Å². The minimum absolute atomic E-state index is 0.0818. The first-order valence-corrected chi connectivity index (χ1v) is 12.3. The Morgan fingerprint density at radius 3 is 2.15 bits per heavy atom. The van der Waals surface area contributed by atoms with Crippen molar-refractivity contribution in [2.45, 2.75) is 42.7 Å². The number of primary sulfonamides is 1. The van der Waals surface area contributed by atoms with E-state index in [9.17, 15) is 22.8 Å². The molecule has 3 rings (SSSR count). The Hall–Kier alpha value is -2.95. The third-order valence-electron chi connectivity index (χ3n) is 5.37. The van der Waals surface area contributed by atoms with Crippen molar-refractivity contribution < 1.29 is 22.8 Å². The molecule has 9 nitrogen and oxygen atoms in total. The van der Waals surface area contributed by atoms with Crippen LogP contribution in [0.5, 0.6) is 0 Å². The van der Waals surface area contributed by atoms with E-state index in [2.05, 4.69) is 16.0 Å². The highest BCUT2D eigenvalue weighted by Gasteiger charge is 2.28. The summed E-state index contributed by atoms with van der Waals surface area (Å²) in [6.07, 6.45) is 3.16. The topological polar surface area (TPSA) is 147 Å². The van der Waals surface area contributed by atoms with Crippen LogP contribution >= 0.6 is 11.6 Å². The van der Waals surface area contributed by atoms with Gasteiger partial charge in [0.2, 0.25) is 15.9 Å². The predicted molar refractivity (Wildman–Crippen MR) is 123 cm³/mol. The van der Waals surface area contributed by atoms with Crippen molar-refractivity contribution in [3.63, 3.8) is 0 Å². The largest absolute Gasteiger partial charge is 0.350 e. The Bertz CT molecular complexity index is 1140. The van der Waals surface area contributed by atoms with E-state index in [0.29, 0.717) is 23.4 Å². The van der Waals surface area contributed by atoms with E-state index in [-0.39, 0.29) is 40.9 Å². The summed E-state index contributed by atoms with van der Waals surface area (Å²) < 4.78 is 22.7. The van der Waals surface area contributed by atoms with Gasteiger partial charge in [-0.2, -0.15) is 0 Å². The van der Waals surface area contributed by atoms with Crippen molar-refractivity contribution in [1.29, 1.82) is 0 Å². The number of sulfonamides is 1. The zero-order valence-corrected chi connectivity index (χ0v) is 19.3. The third-order valence-corrected chi connectivity index (χ3v) is 6.53. The lowest BCUT2D eigenvalue weighted by Crippen LogP contribution is -2.54. The lowest BCUT2D eigenvalue weighted by Gasteiger charge is -2.33. The Balaban J connectivity index is 1.55. The number of nitrogens with one attached hydrogen (secondary N) is 3. The minimum Gasteiger partial charge on any atom is -0.350 e. The molecule has 2 atom stereocenters. The lowest BCUT2D eigenvalue weighted by molar-refractivity contribution is -0.121. The second-order valence-corrected chi connectivity index (χ2v) is 9.80. The van der Waals surface area contributed by atoms with Gasteiger partial charge in [-0.15, -0.1) is 0 Å². The van der Waals surface area contributed by atoms with Crippen LogP contribution in [0.25, 0.3) is 0 Å². The van der Waals surface area contributed by atoms with Crippen LogP contribution in [-0.2, 0) is 14.8 Å². The van der Waals surface area contributed by atoms with Gasteiger partial charge in [0.05, 0.1) is 11.4 Å². The van der Waals surface area contributed by atoms with Gasteiger partial charge in [-0.1, -0.05) is 30.5 Å². The van der Waals surface area contributed by atoms with Crippen molar-refractivity contribution >= 4 is 39.3 Å². The summed E-state index contributed by atoms with van der Waals surface area (Å²) in [4.78, 5) is 37.2. The van der Waals surface area contributed by atoms with Crippen LogP contribution in [0, 0.1) is 0 Å². The Kier molecular flexibility index (Phi) is 8.06. The molecule has 0 heterocycles. The number of carbonyl (C=O) groups is 3. The van der Waals surface area contributed by atoms with Crippen LogP contribution in [0.1, 0.15) is 46.4 Å². The molecule has 2 aromatic rings. The molecule has 176 valence electrons. The third kappa shape index (κ3) is 7.01. The summed E-state index contributed by atoms with van der Waals surface area (Å²) in [7, 11) is -3.84. The molecule has 0 aromatic heterocycles. The fourth-order valence-corrected chi connectivity index (χ4v) is 4.38. The first kappa shape index (κ1) is 24.7. The maximum Gasteiger partial charge on any atom is 0.251 e. The quantitative estimate of drug-likeness (QED) is 0.463. The van der Waals surface area contributed by atoms with Gasteiger partial charge in [0.25, 0.3) is 11.8 Å². The van der Waals surface area contributed by atoms with Gasteiger partial charge >= 0.3 is 0 Å². The second kappa shape index (κ2) is 10.8. The summed E-state index contributed by atoms with van der Waals surface area (Å²) in [6.45, 7) is -0.211. The average Bonchev–Trinajstić information content (AvgIpc) is 2.78. The number of nitrogens with two attached hydrogens (primary N) is 1. The normalized spacial score (nSPS) is 18.2. The fraction of sp³-hybridized carbons (Fsp3) is 0.318. The average molecular weight is 493 g/mol. The molecule has 1 aliphatic carbocycles. The highest BCUT2D eigenvalue weighted by Crippen LogP contribution is 2.19. The van der Waals surface area contributed by atoms with Gasteiger partial charge in [-0.3, -0.25) is 14.4 Å². The number of rotatable bonds is 7. The van der Waals surface area contributed by atoms with Crippen LogP contribution < -0.4 is 21.1 Å². The maximum atomic E-state index is 12.6. The Morgan fingerprint density at radius 1 is 0.909 bits per heavy atom. The van der Waals surface area contributed by atoms with Crippen molar-refractivity contribution in [2.75, 3.05) is 6.54 Å². The maximum absolute atomic E-state index is 12.6.